The van der Waals surface area contributed by atoms with Gasteiger partial charge in [0.05, 0.1) is 5.69 Å². The minimum absolute atomic E-state index is 0.794. The molecule has 0 bridgehead atoms. The van der Waals surface area contributed by atoms with Crippen LogP contribution >= 0.6 is 15.9 Å². The number of halogens is 1. The Bertz CT molecular complexity index is 692. The third-order valence-corrected chi connectivity index (χ3v) is 3.49. The predicted molar refractivity (Wildman–Crippen MR) is 85.0 cm³/mol. The number of anilines is 1. The van der Waals surface area contributed by atoms with E-state index in [0.29, 0.717) is 0 Å². The molecule has 1 heterocycles. The van der Waals surface area contributed by atoms with Gasteiger partial charge in [0, 0.05) is 29.1 Å². The number of hydrogen-bond donors (Lipinski definition) is 1. The fourth-order valence-electron chi connectivity index (χ4n) is 2.03. The number of benzene rings is 2. The number of nitrogens with one attached hydrogen (secondary N) is 1. The van der Waals surface area contributed by atoms with E-state index in [1.807, 2.05) is 41.2 Å². The maximum Gasteiger partial charge on any atom is 0.0666 e. The summed E-state index contributed by atoms with van der Waals surface area (Å²) in [6.45, 7) is 0.794. The quantitative estimate of drug-likeness (QED) is 0.776. The molecule has 1 N–H and O–H groups in total. The minimum Gasteiger partial charge on any atom is -0.381 e. The molecule has 0 radical (unpaired) electrons. The zero-order valence-corrected chi connectivity index (χ0v) is 12.4. The largest absolute Gasteiger partial charge is 0.381 e. The van der Waals surface area contributed by atoms with Crippen LogP contribution in [0.3, 0.4) is 0 Å². The van der Waals surface area contributed by atoms with Crippen LogP contribution in [-0.4, -0.2) is 9.78 Å². The lowest BCUT2D eigenvalue weighted by atomic mass is 10.2. The van der Waals surface area contributed by atoms with Crippen molar-refractivity contribution < 1.29 is 0 Å². The number of aromatic nitrogens is 2. The average Bonchev–Trinajstić information content (AvgIpc) is 3.00. The van der Waals surface area contributed by atoms with Crippen LogP contribution in [0.2, 0.25) is 0 Å². The van der Waals surface area contributed by atoms with Crippen LogP contribution in [0.25, 0.3) is 5.69 Å². The first kappa shape index (κ1) is 12.9. The number of nitrogens with zero attached hydrogens (tertiary/aromatic N) is 2. The number of hydrogen-bond acceptors (Lipinski definition) is 2. The fourth-order valence-corrected chi connectivity index (χ4v) is 2.48. The van der Waals surface area contributed by atoms with Gasteiger partial charge < -0.3 is 5.32 Å². The van der Waals surface area contributed by atoms with Gasteiger partial charge in [0.1, 0.15) is 0 Å². The molecule has 3 nitrogen and oxygen atoms in total. The van der Waals surface area contributed by atoms with Gasteiger partial charge >= 0.3 is 0 Å². The van der Waals surface area contributed by atoms with Gasteiger partial charge in [-0.1, -0.05) is 34.1 Å². The standard InChI is InChI=1S/C16H14BrN3/c17-14-5-1-4-13(10-14)12-18-15-6-2-7-16(11-15)20-9-3-8-19-20/h1-11,18H,12H2. The van der Waals surface area contributed by atoms with E-state index >= 15 is 0 Å². The van der Waals surface area contributed by atoms with E-state index < -0.39 is 0 Å². The number of rotatable bonds is 4. The van der Waals surface area contributed by atoms with Crippen molar-refractivity contribution in [3.63, 3.8) is 0 Å². The van der Waals surface area contributed by atoms with Gasteiger partial charge in [0.25, 0.3) is 0 Å². The predicted octanol–water partition coefficient (Wildman–Crippen LogP) is 4.25. The van der Waals surface area contributed by atoms with Crippen LogP contribution in [0, 0.1) is 0 Å². The molecular weight excluding hydrogens is 314 g/mol. The highest BCUT2D eigenvalue weighted by Gasteiger charge is 1.99. The Balaban J connectivity index is 1.73. The van der Waals surface area contributed by atoms with E-state index in [1.165, 1.54) is 5.56 Å². The summed E-state index contributed by atoms with van der Waals surface area (Å²) in [6, 6.07) is 18.4. The molecule has 4 heteroatoms. The first-order valence-electron chi connectivity index (χ1n) is 6.40. The summed E-state index contributed by atoms with van der Waals surface area (Å²) in [5, 5.41) is 7.67. The maximum absolute atomic E-state index is 4.24. The Labute approximate surface area is 126 Å². The van der Waals surface area contributed by atoms with E-state index in [1.54, 1.807) is 6.20 Å². The molecule has 0 aliphatic carbocycles. The van der Waals surface area contributed by atoms with Gasteiger partial charge in [-0.2, -0.15) is 5.10 Å². The Morgan fingerprint density at radius 1 is 1.05 bits per heavy atom. The van der Waals surface area contributed by atoms with Gasteiger partial charge in [-0.05, 0) is 42.0 Å². The smallest absolute Gasteiger partial charge is 0.0666 e. The zero-order chi connectivity index (χ0) is 13.8. The molecular formula is C16H14BrN3. The molecule has 0 spiro atoms. The van der Waals surface area contributed by atoms with E-state index in [-0.39, 0.29) is 0 Å². The molecule has 0 saturated carbocycles. The highest BCUT2D eigenvalue weighted by Crippen LogP contribution is 2.16. The molecule has 0 unspecified atom stereocenters. The molecule has 1 aromatic heterocycles. The van der Waals surface area contributed by atoms with E-state index in [0.717, 1.165) is 22.4 Å². The normalized spacial score (nSPS) is 10.4. The molecule has 3 rings (SSSR count). The van der Waals surface area contributed by atoms with Gasteiger partial charge in [-0.15, -0.1) is 0 Å². The summed E-state index contributed by atoms with van der Waals surface area (Å²) in [5.41, 5.74) is 3.37. The Morgan fingerprint density at radius 2 is 1.95 bits per heavy atom. The molecule has 0 amide bonds. The van der Waals surface area contributed by atoms with Crippen molar-refractivity contribution in [3.8, 4) is 5.69 Å². The lowest BCUT2D eigenvalue weighted by Crippen LogP contribution is -2.01. The fraction of sp³-hybridized carbons (Fsp3) is 0.0625. The van der Waals surface area contributed by atoms with Crippen molar-refractivity contribution in [1.82, 2.24) is 9.78 Å². The van der Waals surface area contributed by atoms with Crippen molar-refractivity contribution in [1.29, 1.82) is 0 Å². The zero-order valence-electron chi connectivity index (χ0n) is 10.8. The van der Waals surface area contributed by atoms with Crippen LogP contribution in [0.4, 0.5) is 5.69 Å². The first-order valence-corrected chi connectivity index (χ1v) is 7.19. The van der Waals surface area contributed by atoms with Crippen molar-refractivity contribution in [2.75, 3.05) is 5.32 Å². The van der Waals surface area contributed by atoms with Crippen molar-refractivity contribution in [2.24, 2.45) is 0 Å². The van der Waals surface area contributed by atoms with E-state index in [9.17, 15) is 0 Å². The van der Waals surface area contributed by atoms with Gasteiger partial charge in [0.15, 0.2) is 0 Å². The summed E-state index contributed by atoms with van der Waals surface area (Å²) in [5.74, 6) is 0. The molecule has 0 aliphatic heterocycles. The summed E-state index contributed by atoms with van der Waals surface area (Å²) in [4.78, 5) is 0. The van der Waals surface area contributed by atoms with Crippen molar-refractivity contribution in [3.05, 3.63) is 77.0 Å². The third kappa shape index (κ3) is 3.08. The van der Waals surface area contributed by atoms with Crippen molar-refractivity contribution in [2.45, 2.75) is 6.54 Å². The molecule has 3 aromatic rings. The maximum atomic E-state index is 4.24. The first-order chi connectivity index (χ1) is 9.81. The van der Waals surface area contributed by atoms with Crippen LogP contribution in [0.1, 0.15) is 5.56 Å². The van der Waals surface area contributed by atoms with E-state index in [4.69, 9.17) is 0 Å². The highest BCUT2D eigenvalue weighted by molar-refractivity contribution is 9.10. The summed E-state index contributed by atoms with van der Waals surface area (Å²) in [7, 11) is 0. The van der Waals surface area contributed by atoms with Crippen LogP contribution in [-0.2, 0) is 6.54 Å². The molecule has 0 fully saturated rings. The molecule has 20 heavy (non-hydrogen) atoms. The Kier molecular flexibility index (Phi) is 3.83. The molecule has 2 aromatic carbocycles. The third-order valence-electron chi connectivity index (χ3n) is 3.00. The molecule has 100 valence electrons. The minimum atomic E-state index is 0.794. The topological polar surface area (TPSA) is 29.9 Å². The summed E-state index contributed by atoms with van der Waals surface area (Å²) in [6.07, 6.45) is 3.72. The molecule has 0 atom stereocenters. The SMILES string of the molecule is Brc1cccc(CNc2cccc(-n3cccn3)c2)c1. The lowest BCUT2D eigenvalue weighted by Gasteiger charge is -2.09. The summed E-state index contributed by atoms with van der Waals surface area (Å²) < 4.78 is 2.95. The second-order valence-electron chi connectivity index (χ2n) is 4.48. The van der Waals surface area contributed by atoms with Crippen LogP contribution in [0.5, 0.6) is 0 Å². The average molecular weight is 328 g/mol. The second kappa shape index (κ2) is 5.92. The Hall–Kier alpha value is -2.07. The van der Waals surface area contributed by atoms with Crippen LogP contribution in [0.15, 0.2) is 71.5 Å². The Morgan fingerprint density at radius 3 is 2.75 bits per heavy atom. The molecule has 0 aliphatic rings. The second-order valence-corrected chi connectivity index (χ2v) is 5.40. The molecule has 0 saturated heterocycles. The highest BCUT2D eigenvalue weighted by atomic mass is 79.9. The van der Waals surface area contributed by atoms with Gasteiger partial charge in [-0.3, -0.25) is 0 Å². The monoisotopic (exact) mass is 327 g/mol. The van der Waals surface area contributed by atoms with Gasteiger partial charge in [0.2, 0.25) is 0 Å². The summed E-state index contributed by atoms with van der Waals surface area (Å²) >= 11 is 3.49. The lowest BCUT2D eigenvalue weighted by molar-refractivity contribution is 0.880. The van der Waals surface area contributed by atoms with Gasteiger partial charge in [-0.25, -0.2) is 4.68 Å². The van der Waals surface area contributed by atoms with Crippen molar-refractivity contribution >= 4 is 21.6 Å². The van der Waals surface area contributed by atoms with Crippen LogP contribution < -0.4 is 5.32 Å². The van der Waals surface area contributed by atoms with E-state index in [2.05, 4.69) is 50.6 Å².